The van der Waals surface area contributed by atoms with E-state index in [1.165, 1.54) is 0 Å². The molecule has 0 bridgehead atoms. The lowest BCUT2D eigenvalue weighted by Crippen LogP contribution is -1.93. The lowest BCUT2D eigenvalue weighted by Gasteiger charge is -1.98. The summed E-state index contributed by atoms with van der Waals surface area (Å²) in [6.07, 6.45) is 0. The number of hydrogen-bond donors (Lipinski definition) is 0. The number of nitroso groups, excluding NO2 is 1. The van der Waals surface area contributed by atoms with Crippen LogP contribution in [0.25, 0.3) is 0 Å². The molecule has 0 aromatic heterocycles. The second-order valence-electron chi connectivity index (χ2n) is 2.14. The fraction of sp³-hybridized carbons (Fsp3) is 0.143. The van der Waals surface area contributed by atoms with Crippen molar-refractivity contribution >= 4 is 0 Å². The van der Waals surface area contributed by atoms with Crippen molar-refractivity contribution in [1.82, 2.24) is 0 Å². The third-order valence-electron chi connectivity index (χ3n) is 1.32. The quantitative estimate of drug-likeness (QED) is 0.501. The van der Waals surface area contributed by atoms with E-state index < -0.39 is 24.0 Å². The van der Waals surface area contributed by atoms with Crippen LogP contribution in [0.15, 0.2) is 17.3 Å². The molecule has 1 aromatic rings. The Balaban J connectivity index is 3.13. The first-order valence-electron chi connectivity index (χ1n) is 3.07. The van der Waals surface area contributed by atoms with Crippen LogP contribution in [0.5, 0.6) is 0 Å². The molecule has 0 aliphatic rings. The zero-order valence-corrected chi connectivity index (χ0v) is 5.85. The summed E-state index contributed by atoms with van der Waals surface area (Å²) >= 11 is 0. The highest BCUT2D eigenvalue weighted by Gasteiger charge is 2.08. The van der Waals surface area contributed by atoms with Gasteiger partial charge in [0, 0.05) is 11.6 Å². The molecule has 0 saturated heterocycles. The van der Waals surface area contributed by atoms with Gasteiger partial charge in [0.15, 0.2) is 11.6 Å². The van der Waals surface area contributed by atoms with Gasteiger partial charge in [-0.3, -0.25) is 0 Å². The molecule has 0 radical (unpaired) electrons. The summed E-state index contributed by atoms with van der Waals surface area (Å²) < 4.78 is 37.3. The normalized spacial score (nSPS) is 9.92. The van der Waals surface area contributed by atoms with E-state index in [4.69, 9.17) is 0 Å². The van der Waals surface area contributed by atoms with Gasteiger partial charge in [0.05, 0.1) is 0 Å². The van der Waals surface area contributed by atoms with Gasteiger partial charge in [0.2, 0.25) is 0 Å². The first kappa shape index (κ1) is 8.70. The van der Waals surface area contributed by atoms with Gasteiger partial charge in [-0.05, 0) is 6.07 Å². The number of benzene rings is 1. The molecule has 1 rings (SSSR count). The zero-order chi connectivity index (χ0) is 9.14. The van der Waals surface area contributed by atoms with E-state index in [0.717, 1.165) is 0 Å². The highest BCUT2D eigenvalue weighted by atomic mass is 19.2. The third kappa shape index (κ3) is 1.61. The van der Waals surface area contributed by atoms with Gasteiger partial charge in [-0.15, -0.1) is 0 Å². The zero-order valence-electron chi connectivity index (χ0n) is 5.85. The van der Waals surface area contributed by atoms with Crippen LogP contribution in [0, 0.1) is 22.4 Å². The van der Waals surface area contributed by atoms with Crippen LogP contribution < -0.4 is 0 Å². The van der Waals surface area contributed by atoms with Crippen molar-refractivity contribution in [3.05, 3.63) is 40.1 Å². The number of hydrogen-bond acceptors (Lipinski definition) is 2. The fourth-order valence-corrected chi connectivity index (χ4v) is 0.754. The Morgan fingerprint density at radius 3 is 2.25 bits per heavy atom. The van der Waals surface area contributed by atoms with E-state index in [-0.39, 0.29) is 5.56 Å². The molecule has 0 aliphatic heterocycles. The van der Waals surface area contributed by atoms with Gasteiger partial charge in [0.25, 0.3) is 0 Å². The number of halogens is 3. The minimum Gasteiger partial charge on any atom is -0.207 e. The highest BCUT2D eigenvalue weighted by molar-refractivity contribution is 5.19. The standard InChI is InChI=1S/C7H4F3NO/c8-5-2-7(10)6(9)1-4(5)3-11-12/h1-2H,3H2. The predicted molar refractivity (Wildman–Crippen MR) is 35.8 cm³/mol. The molecule has 0 amide bonds. The van der Waals surface area contributed by atoms with Crippen LogP contribution in [0.2, 0.25) is 0 Å². The van der Waals surface area contributed by atoms with Crippen molar-refractivity contribution in [3.63, 3.8) is 0 Å². The van der Waals surface area contributed by atoms with E-state index in [0.29, 0.717) is 12.1 Å². The van der Waals surface area contributed by atoms with Gasteiger partial charge in [-0.25, -0.2) is 13.2 Å². The van der Waals surface area contributed by atoms with E-state index in [9.17, 15) is 18.1 Å². The summed E-state index contributed by atoms with van der Waals surface area (Å²) in [6, 6.07) is 1.00. The Hall–Kier alpha value is -1.39. The van der Waals surface area contributed by atoms with Crippen molar-refractivity contribution in [2.45, 2.75) is 6.54 Å². The first-order valence-corrected chi connectivity index (χ1v) is 3.07. The Kier molecular flexibility index (Phi) is 2.42. The topological polar surface area (TPSA) is 29.4 Å². The van der Waals surface area contributed by atoms with Crippen molar-refractivity contribution in [2.75, 3.05) is 0 Å². The molecule has 0 aliphatic carbocycles. The summed E-state index contributed by atoms with van der Waals surface area (Å²) in [5, 5.41) is 2.36. The summed E-state index contributed by atoms with van der Waals surface area (Å²) in [7, 11) is 0. The summed E-state index contributed by atoms with van der Waals surface area (Å²) in [5.74, 6) is -3.43. The van der Waals surface area contributed by atoms with Crippen LogP contribution in [-0.2, 0) is 6.54 Å². The summed E-state index contributed by atoms with van der Waals surface area (Å²) in [6.45, 7) is -0.497. The molecule has 0 heterocycles. The second-order valence-corrected chi connectivity index (χ2v) is 2.14. The monoisotopic (exact) mass is 175 g/mol. The molecule has 2 nitrogen and oxygen atoms in total. The molecule has 0 spiro atoms. The molecule has 0 fully saturated rings. The average molecular weight is 175 g/mol. The smallest absolute Gasteiger partial charge is 0.161 e. The van der Waals surface area contributed by atoms with Gasteiger partial charge in [-0.1, -0.05) is 5.18 Å². The van der Waals surface area contributed by atoms with Crippen LogP contribution >= 0.6 is 0 Å². The van der Waals surface area contributed by atoms with Gasteiger partial charge >= 0.3 is 0 Å². The molecule has 5 heteroatoms. The lowest BCUT2D eigenvalue weighted by atomic mass is 10.2. The molecule has 0 unspecified atom stereocenters. The third-order valence-corrected chi connectivity index (χ3v) is 1.32. The van der Waals surface area contributed by atoms with Crippen molar-refractivity contribution < 1.29 is 13.2 Å². The SMILES string of the molecule is O=NCc1cc(F)c(F)cc1F. The maximum Gasteiger partial charge on any atom is 0.161 e. The van der Waals surface area contributed by atoms with Crippen LogP contribution in [0.1, 0.15) is 5.56 Å². The van der Waals surface area contributed by atoms with Crippen LogP contribution in [0.3, 0.4) is 0 Å². The van der Waals surface area contributed by atoms with Crippen molar-refractivity contribution in [2.24, 2.45) is 5.18 Å². The highest BCUT2D eigenvalue weighted by Crippen LogP contribution is 2.14. The summed E-state index contributed by atoms with van der Waals surface area (Å²) in [5.41, 5.74) is -0.246. The molecule has 64 valence electrons. The van der Waals surface area contributed by atoms with Crippen LogP contribution in [0.4, 0.5) is 13.2 Å². The summed E-state index contributed by atoms with van der Waals surface area (Å²) in [4.78, 5) is 9.69. The average Bonchev–Trinajstić information content (AvgIpc) is 2.01. The first-order chi connectivity index (χ1) is 5.65. The largest absolute Gasteiger partial charge is 0.207 e. The van der Waals surface area contributed by atoms with E-state index >= 15 is 0 Å². The second kappa shape index (κ2) is 3.34. The number of rotatable bonds is 2. The van der Waals surface area contributed by atoms with Gasteiger partial charge < -0.3 is 0 Å². The molecule has 0 atom stereocenters. The van der Waals surface area contributed by atoms with E-state index in [1.807, 2.05) is 0 Å². The Morgan fingerprint density at radius 2 is 1.67 bits per heavy atom. The fourth-order valence-electron chi connectivity index (χ4n) is 0.754. The van der Waals surface area contributed by atoms with Gasteiger partial charge in [-0.2, -0.15) is 4.91 Å². The van der Waals surface area contributed by atoms with Gasteiger partial charge in [0.1, 0.15) is 12.4 Å². The maximum absolute atomic E-state index is 12.6. The molecular weight excluding hydrogens is 171 g/mol. The molecule has 12 heavy (non-hydrogen) atoms. The van der Waals surface area contributed by atoms with Crippen molar-refractivity contribution in [3.8, 4) is 0 Å². The minimum atomic E-state index is -1.28. The van der Waals surface area contributed by atoms with E-state index in [1.54, 1.807) is 0 Å². The lowest BCUT2D eigenvalue weighted by molar-refractivity contribution is 0.490. The molecule has 0 saturated carbocycles. The Labute approximate surface area is 66.0 Å². The minimum absolute atomic E-state index is 0.246. The van der Waals surface area contributed by atoms with E-state index in [2.05, 4.69) is 5.18 Å². The Morgan fingerprint density at radius 1 is 1.08 bits per heavy atom. The molecular formula is C7H4F3NO. The number of nitrogens with zero attached hydrogens (tertiary/aromatic N) is 1. The molecule has 1 aromatic carbocycles. The van der Waals surface area contributed by atoms with Crippen molar-refractivity contribution in [1.29, 1.82) is 0 Å². The predicted octanol–water partition coefficient (Wildman–Crippen LogP) is 2.37. The molecule has 0 N–H and O–H groups in total. The van der Waals surface area contributed by atoms with Crippen LogP contribution in [-0.4, -0.2) is 0 Å². The Bertz CT molecular complexity index is 314. The maximum atomic E-state index is 12.6.